The molecule has 2 aromatic rings. The summed E-state index contributed by atoms with van der Waals surface area (Å²) in [6.07, 6.45) is 3.00. The molecule has 0 aliphatic carbocycles. The molecular weight excluding hydrogens is 196 g/mol. The lowest BCUT2D eigenvalue weighted by Crippen LogP contribution is -1.97. The number of rotatable bonds is 2. The average molecular weight is 206 g/mol. The molecule has 0 N–H and O–H groups in total. The van der Waals surface area contributed by atoms with Gasteiger partial charge in [-0.3, -0.25) is 4.79 Å². The Balaban J connectivity index is 2.41. The average Bonchev–Trinajstić information content (AvgIpc) is 2.73. The van der Waals surface area contributed by atoms with Crippen molar-refractivity contribution in [1.29, 1.82) is 0 Å². The van der Waals surface area contributed by atoms with Gasteiger partial charge in [-0.15, -0.1) is 11.3 Å². The van der Waals surface area contributed by atoms with Gasteiger partial charge in [-0.2, -0.15) is 0 Å². The number of carbonyl (C=O) groups excluding carboxylic acids is 1. The van der Waals surface area contributed by atoms with Gasteiger partial charge < -0.3 is 4.42 Å². The van der Waals surface area contributed by atoms with Crippen LogP contribution >= 0.6 is 11.3 Å². The standard InChI is InChI=1S/C11H10O2S/c1-7-5-8(2)14-11(7)10(12)9-3-4-13-6-9/h3-6H,1-2H3. The molecule has 0 aliphatic rings. The molecule has 2 aromatic heterocycles. The highest BCUT2D eigenvalue weighted by Crippen LogP contribution is 2.23. The molecule has 0 radical (unpaired) electrons. The number of ketones is 1. The van der Waals surface area contributed by atoms with Gasteiger partial charge in [0.05, 0.1) is 16.7 Å². The molecule has 0 saturated carbocycles. The van der Waals surface area contributed by atoms with Crippen LogP contribution in [-0.4, -0.2) is 5.78 Å². The second-order valence-corrected chi connectivity index (χ2v) is 4.47. The molecule has 0 spiro atoms. The Labute approximate surface area is 86.2 Å². The summed E-state index contributed by atoms with van der Waals surface area (Å²) in [5.74, 6) is 0.0503. The minimum atomic E-state index is 0.0503. The van der Waals surface area contributed by atoms with Gasteiger partial charge >= 0.3 is 0 Å². The van der Waals surface area contributed by atoms with Gasteiger partial charge in [-0.1, -0.05) is 0 Å². The van der Waals surface area contributed by atoms with Crippen molar-refractivity contribution >= 4 is 17.1 Å². The minimum Gasteiger partial charge on any atom is -0.472 e. The van der Waals surface area contributed by atoms with Crippen LogP contribution in [0.3, 0.4) is 0 Å². The SMILES string of the molecule is Cc1cc(C)c(C(=O)c2ccoc2)s1. The fraction of sp³-hybridized carbons (Fsp3) is 0.182. The van der Waals surface area contributed by atoms with Gasteiger partial charge in [-0.05, 0) is 31.5 Å². The Morgan fingerprint density at radius 3 is 2.71 bits per heavy atom. The summed E-state index contributed by atoms with van der Waals surface area (Å²) in [6.45, 7) is 3.96. The predicted molar refractivity (Wildman–Crippen MR) is 55.9 cm³/mol. The first-order valence-electron chi connectivity index (χ1n) is 4.32. The van der Waals surface area contributed by atoms with Crippen LogP contribution in [0, 0.1) is 13.8 Å². The molecule has 72 valence electrons. The first kappa shape index (κ1) is 9.21. The van der Waals surface area contributed by atoms with E-state index >= 15 is 0 Å². The third-order valence-electron chi connectivity index (χ3n) is 2.03. The fourth-order valence-corrected chi connectivity index (χ4v) is 2.38. The molecule has 0 aromatic carbocycles. The van der Waals surface area contributed by atoms with Crippen molar-refractivity contribution in [3.63, 3.8) is 0 Å². The van der Waals surface area contributed by atoms with E-state index in [4.69, 9.17) is 4.42 Å². The van der Waals surface area contributed by atoms with Crippen molar-refractivity contribution in [3.8, 4) is 0 Å². The highest BCUT2D eigenvalue weighted by Gasteiger charge is 2.14. The van der Waals surface area contributed by atoms with Crippen LogP contribution in [0.1, 0.15) is 25.7 Å². The summed E-state index contributed by atoms with van der Waals surface area (Å²) >= 11 is 1.53. The summed E-state index contributed by atoms with van der Waals surface area (Å²) in [4.78, 5) is 13.9. The Bertz CT molecular complexity index is 452. The summed E-state index contributed by atoms with van der Waals surface area (Å²) in [6, 6.07) is 3.72. The zero-order valence-electron chi connectivity index (χ0n) is 8.03. The zero-order valence-corrected chi connectivity index (χ0v) is 8.85. The fourth-order valence-electron chi connectivity index (χ4n) is 1.39. The normalized spacial score (nSPS) is 10.4. The molecule has 0 amide bonds. The molecule has 0 saturated heterocycles. The van der Waals surface area contributed by atoms with E-state index in [2.05, 4.69) is 0 Å². The van der Waals surface area contributed by atoms with E-state index in [1.165, 1.54) is 23.9 Å². The van der Waals surface area contributed by atoms with Gasteiger partial charge in [0.25, 0.3) is 0 Å². The maximum atomic E-state index is 11.9. The van der Waals surface area contributed by atoms with E-state index in [1.807, 2.05) is 19.9 Å². The Morgan fingerprint density at radius 2 is 2.21 bits per heavy atom. The molecule has 0 bridgehead atoms. The largest absolute Gasteiger partial charge is 0.472 e. The van der Waals surface area contributed by atoms with Gasteiger partial charge in [0, 0.05) is 4.88 Å². The van der Waals surface area contributed by atoms with Crippen molar-refractivity contribution in [3.05, 3.63) is 45.5 Å². The van der Waals surface area contributed by atoms with Gasteiger partial charge in [0.15, 0.2) is 0 Å². The van der Waals surface area contributed by atoms with Crippen LogP contribution in [0.15, 0.2) is 29.1 Å². The second kappa shape index (κ2) is 3.42. The second-order valence-electron chi connectivity index (χ2n) is 3.21. The summed E-state index contributed by atoms with van der Waals surface area (Å²) in [5, 5.41) is 0. The van der Waals surface area contributed by atoms with Gasteiger partial charge in [0.1, 0.15) is 6.26 Å². The van der Waals surface area contributed by atoms with Crippen molar-refractivity contribution in [2.24, 2.45) is 0 Å². The topological polar surface area (TPSA) is 30.2 Å². The maximum absolute atomic E-state index is 11.9. The quantitative estimate of drug-likeness (QED) is 0.706. The molecule has 2 nitrogen and oxygen atoms in total. The number of thiophene rings is 1. The molecule has 3 heteroatoms. The number of hydrogen-bond acceptors (Lipinski definition) is 3. The molecule has 2 rings (SSSR count). The molecule has 2 heterocycles. The maximum Gasteiger partial charge on any atom is 0.206 e. The predicted octanol–water partition coefficient (Wildman–Crippen LogP) is 3.19. The summed E-state index contributed by atoms with van der Waals surface area (Å²) < 4.78 is 4.89. The highest BCUT2D eigenvalue weighted by molar-refractivity contribution is 7.14. The number of carbonyl (C=O) groups is 1. The highest BCUT2D eigenvalue weighted by atomic mass is 32.1. The lowest BCUT2D eigenvalue weighted by atomic mass is 10.1. The molecular formula is C11H10O2S. The summed E-state index contributed by atoms with van der Waals surface area (Å²) in [5.41, 5.74) is 1.66. The molecule has 14 heavy (non-hydrogen) atoms. The monoisotopic (exact) mass is 206 g/mol. The molecule has 0 atom stereocenters. The van der Waals surface area contributed by atoms with Crippen LogP contribution < -0.4 is 0 Å². The van der Waals surface area contributed by atoms with Crippen LogP contribution in [0.25, 0.3) is 0 Å². The number of hydrogen-bond donors (Lipinski definition) is 0. The smallest absolute Gasteiger partial charge is 0.206 e. The molecule has 0 aliphatic heterocycles. The van der Waals surface area contributed by atoms with E-state index in [0.29, 0.717) is 5.56 Å². The van der Waals surface area contributed by atoms with Gasteiger partial charge in [-0.25, -0.2) is 0 Å². The van der Waals surface area contributed by atoms with Crippen molar-refractivity contribution < 1.29 is 9.21 Å². The zero-order chi connectivity index (χ0) is 10.1. The minimum absolute atomic E-state index is 0.0503. The third kappa shape index (κ3) is 1.51. The first-order chi connectivity index (χ1) is 6.68. The Hall–Kier alpha value is -1.35. The lowest BCUT2D eigenvalue weighted by molar-refractivity contribution is 0.104. The van der Waals surface area contributed by atoms with Crippen molar-refractivity contribution in [2.45, 2.75) is 13.8 Å². The number of aryl methyl sites for hydroxylation is 2. The van der Waals surface area contributed by atoms with E-state index in [9.17, 15) is 4.79 Å². The van der Waals surface area contributed by atoms with Crippen molar-refractivity contribution in [2.75, 3.05) is 0 Å². The van der Waals surface area contributed by atoms with Crippen LogP contribution in [0.2, 0.25) is 0 Å². The molecule has 0 unspecified atom stereocenters. The lowest BCUT2D eigenvalue weighted by Gasteiger charge is -1.94. The van der Waals surface area contributed by atoms with Crippen LogP contribution in [0.5, 0.6) is 0 Å². The first-order valence-corrected chi connectivity index (χ1v) is 5.14. The van der Waals surface area contributed by atoms with E-state index < -0.39 is 0 Å². The third-order valence-corrected chi connectivity index (χ3v) is 3.18. The van der Waals surface area contributed by atoms with Crippen LogP contribution in [0.4, 0.5) is 0 Å². The number of furan rings is 1. The van der Waals surface area contributed by atoms with Gasteiger partial charge in [0.2, 0.25) is 5.78 Å². The van der Waals surface area contributed by atoms with E-state index in [-0.39, 0.29) is 5.78 Å². The van der Waals surface area contributed by atoms with Crippen molar-refractivity contribution in [1.82, 2.24) is 0 Å². The van der Waals surface area contributed by atoms with E-state index in [0.717, 1.165) is 15.3 Å². The Morgan fingerprint density at radius 1 is 1.43 bits per heavy atom. The molecule has 0 fully saturated rings. The van der Waals surface area contributed by atoms with E-state index in [1.54, 1.807) is 6.07 Å². The Kier molecular flexibility index (Phi) is 2.25. The summed E-state index contributed by atoms with van der Waals surface area (Å²) in [7, 11) is 0. The van der Waals surface area contributed by atoms with Crippen LogP contribution in [-0.2, 0) is 0 Å².